The molecule has 3 aromatic carbocycles. The molecule has 31 heavy (non-hydrogen) atoms. The lowest BCUT2D eigenvalue weighted by atomic mass is 9.77. The zero-order valence-electron chi connectivity index (χ0n) is 17.2. The molecule has 0 radical (unpaired) electrons. The fraction of sp³-hybridized carbons (Fsp3) is 0.160. The molecule has 5 nitrogen and oxygen atoms in total. The molecule has 0 N–H and O–H groups in total. The van der Waals surface area contributed by atoms with Crippen LogP contribution in [0.2, 0.25) is 0 Å². The van der Waals surface area contributed by atoms with Gasteiger partial charge in [-0.2, -0.15) is 0 Å². The Labute approximate surface area is 186 Å². The lowest BCUT2D eigenvalue weighted by Gasteiger charge is -2.35. The Balaban J connectivity index is 1.83. The molecule has 0 saturated carbocycles. The minimum Gasteiger partial charge on any atom is -0.475 e. The summed E-state index contributed by atoms with van der Waals surface area (Å²) in [6, 6.07) is 30.8. The van der Waals surface area contributed by atoms with Crippen molar-refractivity contribution >= 4 is 16.9 Å². The van der Waals surface area contributed by atoms with Gasteiger partial charge in [0.05, 0.1) is 12.8 Å². The first kappa shape index (κ1) is 20.9. The Bertz CT molecular complexity index is 1020. The summed E-state index contributed by atoms with van der Waals surface area (Å²) in [5.74, 6) is 1.000. The molecular weight excluding hydrogens is 406 g/mol. The third-order valence-corrected chi connectivity index (χ3v) is 5.81. The Morgan fingerprint density at radius 1 is 0.871 bits per heavy atom. The minimum absolute atomic E-state index is 0.0727. The van der Waals surface area contributed by atoms with E-state index in [1.165, 1.54) is 11.8 Å². The predicted octanol–water partition coefficient (Wildman–Crippen LogP) is 4.78. The van der Waals surface area contributed by atoms with Crippen LogP contribution in [0.3, 0.4) is 0 Å². The highest BCUT2D eigenvalue weighted by molar-refractivity contribution is 8.13. The first-order valence-corrected chi connectivity index (χ1v) is 11.1. The molecule has 0 fully saturated rings. The second-order valence-corrected chi connectivity index (χ2v) is 8.27. The van der Waals surface area contributed by atoms with Gasteiger partial charge in [0.15, 0.2) is 5.12 Å². The van der Waals surface area contributed by atoms with Crippen LogP contribution >= 0.6 is 11.8 Å². The number of benzene rings is 3. The number of carbonyl (C=O) groups excluding carboxylic acids is 1. The molecule has 4 rings (SSSR count). The summed E-state index contributed by atoms with van der Waals surface area (Å²) in [6.45, 7) is 1.94. The summed E-state index contributed by atoms with van der Waals surface area (Å²) in [6.07, 6.45) is 1.82. The van der Waals surface area contributed by atoms with Crippen LogP contribution in [0.5, 0.6) is 5.88 Å². The molecule has 6 heteroatoms. The molecule has 0 unspecified atom stereocenters. The van der Waals surface area contributed by atoms with Gasteiger partial charge in [-0.15, -0.1) is 0 Å². The van der Waals surface area contributed by atoms with Crippen LogP contribution in [0.1, 0.15) is 23.6 Å². The Morgan fingerprint density at radius 3 is 1.81 bits per heavy atom. The van der Waals surface area contributed by atoms with Crippen LogP contribution in [0.25, 0.3) is 0 Å². The number of carbonyl (C=O) groups is 1. The van der Waals surface area contributed by atoms with Crippen LogP contribution in [0.4, 0.5) is 0 Å². The van der Waals surface area contributed by atoms with Crippen molar-refractivity contribution in [3.8, 4) is 5.88 Å². The van der Waals surface area contributed by atoms with Crippen molar-refractivity contribution in [1.29, 1.82) is 0 Å². The fourth-order valence-electron chi connectivity index (χ4n) is 3.75. The molecule has 0 aliphatic heterocycles. The maximum absolute atomic E-state index is 11.1. The van der Waals surface area contributed by atoms with Crippen LogP contribution < -0.4 is 4.74 Å². The van der Waals surface area contributed by atoms with Gasteiger partial charge in [0, 0.05) is 12.7 Å². The van der Waals surface area contributed by atoms with Crippen LogP contribution in [0, 0.1) is 0 Å². The Kier molecular flexibility index (Phi) is 6.48. The Morgan fingerprint density at radius 2 is 1.35 bits per heavy atom. The molecule has 0 aliphatic rings. The molecule has 0 spiro atoms. The molecule has 0 amide bonds. The van der Waals surface area contributed by atoms with Crippen LogP contribution in [0.15, 0.2) is 97.2 Å². The normalized spacial score (nSPS) is 11.3. The molecule has 0 aliphatic carbocycles. The van der Waals surface area contributed by atoms with Gasteiger partial charge < -0.3 is 4.74 Å². The van der Waals surface area contributed by atoms with Gasteiger partial charge in [-0.25, -0.2) is 4.68 Å². The van der Waals surface area contributed by atoms with Gasteiger partial charge in [-0.1, -0.05) is 113 Å². The van der Waals surface area contributed by atoms with Crippen LogP contribution in [-0.2, 0) is 10.3 Å². The summed E-state index contributed by atoms with van der Waals surface area (Å²) in [5, 5.41) is 8.84. The number of hydrogen-bond donors (Lipinski definition) is 0. The number of nitrogens with zero attached hydrogens (tertiary/aromatic N) is 3. The van der Waals surface area contributed by atoms with Crippen LogP contribution in [-0.4, -0.2) is 32.5 Å². The van der Waals surface area contributed by atoms with Crippen molar-refractivity contribution in [1.82, 2.24) is 15.0 Å². The average molecular weight is 430 g/mol. The lowest BCUT2D eigenvalue weighted by Crippen LogP contribution is -2.38. The summed E-state index contributed by atoms with van der Waals surface area (Å²) >= 11 is 1.23. The van der Waals surface area contributed by atoms with Gasteiger partial charge in [-0.05, 0) is 16.7 Å². The van der Waals surface area contributed by atoms with E-state index in [0.29, 0.717) is 18.2 Å². The summed E-state index contributed by atoms with van der Waals surface area (Å²) in [5.41, 5.74) is 2.48. The minimum atomic E-state index is -0.716. The second-order valence-electron chi connectivity index (χ2n) is 7.00. The molecule has 1 heterocycles. The molecule has 0 atom stereocenters. The van der Waals surface area contributed by atoms with E-state index >= 15 is 0 Å². The first-order chi connectivity index (χ1) is 15.2. The number of thioether (sulfide) groups is 1. The zero-order valence-corrected chi connectivity index (χ0v) is 18.0. The predicted molar refractivity (Wildman–Crippen MR) is 123 cm³/mol. The van der Waals surface area contributed by atoms with Crippen molar-refractivity contribution in [3.63, 3.8) is 0 Å². The highest BCUT2D eigenvalue weighted by Gasteiger charge is 2.39. The molecule has 1 aromatic heterocycles. The fourth-order valence-corrected chi connectivity index (χ4v) is 4.20. The van der Waals surface area contributed by atoms with E-state index in [9.17, 15) is 4.79 Å². The quantitative estimate of drug-likeness (QED) is 0.298. The van der Waals surface area contributed by atoms with Gasteiger partial charge in [0.25, 0.3) is 5.88 Å². The summed E-state index contributed by atoms with van der Waals surface area (Å²) in [4.78, 5) is 11.1. The van der Waals surface area contributed by atoms with E-state index < -0.39 is 5.54 Å². The van der Waals surface area contributed by atoms with Gasteiger partial charge in [0.1, 0.15) is 5.54 Å². The first-order valence-electron chi connectivity index (χ1n) is 10.1. The van der Waals surface area contributed by atoms with E-state index in [2.05, 4.69) is 46.7 Å². The van der Waals surface area contributed by atoms with Crippen molar-refractivity contribution in [3.05, 3.63) is 114 Å². The third-order valence-electron chi connectivity index (χ3n) is 5.03. The highest BCUT2D eigenvalue weighted by atomic mass is 32.2. The molecule has 0 bridgehead atoms. The molecule has 4 aromatic rings. The summed E-state index contributed by atoms with van der Waals surface area (Å²) < 4.78 is 7.63. The van der Waals surface area contributed by atoms with Gasteiger partial charge in [-0.3, -0.25) is 4.79 Å². The summed E-state index contributed by atoms with van der Waals surface area (Å²) in [7, 11) is 0. The third kappa shape index (κ3) is 4.39. The van der Waals surface area contributed by atoms with Crippen molar-refractivity contribution in [2.24, 2.45) is 0 Å². The Hall–Kier alpha value is -3.38. The maximum Gasteiger partial charge on any atom is 0.253 e. The highest BCUT2D eigenvalue weighted by Crippen LogP contribution is 2.40. The largest absolute Gasteiger partial charge is 0.475 e. The standard InChI is InChI=1S/C25H23N3O2S/c1-20(29)31-18-17-30-24-19-28(27-26-24)25(21-11-5-2-6-12-21,22-13-7-3-8-14-22)23-15-9-4-10-16-23/h2-16,19H,17-18H2,1H3. The number of aromatic nitrogens is 3. The molecule has 156 valence electrons. The maximum atomic E-state index is 11.1. The van der Waals surface area contributed by atoms with E-state index in [1.54, 1.807) is 6.92 Å². The zero-order chi connectivity index (χ0) is 21.5. The van der Waals surface area contributed by atoms with E-state index in [1.807, 2.05) is 65.5 Å². The van der Waals surface area contributed by atoms with Gasteiger partial charge in [0.2, 0.25) is 0 Å². The number of ether oxygens (including phenoxy) is 1. The van der Waals surface area contributed by atoms with E-state index in [4.69, 9.17) is 4.74 Å². The number of hydrogen-bond acceptors (Lipinski definition) is 5. The lowest BCUT2D eigenvalue weighted by molar-refractivity contribution is -0.109. The van der Waals surface area contributed by atoms with E-state index in [0.717, 1.165) is 16.7 Å². The molecular formula is C25H23N3O2S. The monoisotopic (exact) mass is 429 g/mol. The van der Waals surface area contributed by atoms with Crippen molar-refractivity contribution < 1.29 is 9.53 Å². The van der Waals surface area contributed by atoms with E-state index in [-0.39, 0.29) is 5.12 Å². The smallest absolute Gasteiger partial charge is 0.253 e. The number of rotatable bonds is 8. The average Bonchev–Trinajstić information content (AvgIpc) is 3.28. The SMILES string of the molecule is CC(=O)SCCOc1cn(C(c2ccccc2)(c2ccccc2)c2ccccc2)nn1. The van der Waals surface area contributed by atoms with Crippen molar-refractivity contribution in [2.75, 3.05) is 12.4 Å². The molecule has 0 saturated heterocycles. The van der Waals surface area contributed by atoms with Crippen molar-refractivity contribution in [2.45, 2.75) is 12.5 Å². The topological polar surface area (TPSA) is 57.0 Å². The second kappa shape index (κ2) is 9.62. The van der Waals surface area contributed by atoms with Gasteiger partial charge >= 0.3 is 0 Å².